The van der Waals surface area contributed by atoms with E-state index >= 15 is 0 Å². The molecular weight excluding hydrogens is 496 g/mol. The zero-order valence-corrected chi connectivity index (χ0v) is 19.0. The minimum absolute atomic E-state index is 0.0179. The molecule has 1 heterocycles. The van der Waals surface area contributed by atoms with E-state index in [9.17, 15) is 29.6 Å². The van der Waals surface area contributed by atoms with Crippen molar-refractivity contribution in [2.24, 2.45) is 0 Å². The van der Waals surface area contributed by atoms with Crippen LogP contribution in [0, 0.1) is 10.1 Å². The van der Waals surface area contributed by atoms with Crippen LogP contribution >= 0.6 is 15.9 Å². The number of benzene rings is 2. The first kappa shape index (κ1) is 24.1. The molecule has 1 fully saturated rings. The standard InChI is InChI=1S/C23H21BrN2O7/c24-15-11-9-14(10-12-15)21(29)19-20(16-6-3-4-7-17(16)26(32)33)25(23(31)22(19)30)13-5-1-2-8-18(27)28/h3-4,6-7,9-12,20,29H,1-2,5,8,13H2,(H,27,28)/b21-19+/t20-/m1/s1. The van der Waals surface area contributed by atoms with Gasteiger partial charge >= 0.3 is 5.97 Å². The summed E-state index contributed by atoms with van der Waals surface area (Å²) in [6.07, 6.45) is 1.27. The molecule has 0 spiro atoms. The number of carboxylic acid groups (broad SMARTS) is 1. The van der Waals surface area contributed by atoms with Crippen molar-refractivity contribution in [1.29, 1.82) is 0 Å². The number of nitro groups is 1. The number of nitro benzene ring substituents is 1. The van der Waals surface area contributed by atoms with Crippen molar-refractivity contribution >= 4 is 45.0 Å². The Bertz CT molecular complexity index is 1130. The van der Waals surface area contributed by atoms with Crippen LogP contribution in [0.15, 0.2) is 58.6 Å². The van der Waals surface area contributed by atoms with Crippen LogP contribution in [0.2, 0.25) is 0 Å². The monoisotopic (exact) mass is 516 g/mol. The minimum Gasteiger partial charge on any atom is -0.507 e. The van der Waals surface area contributed by atoms with Gasteiger partial charge in [-0.05, 0) is 31.0 Å². The van der Waals surface area contributed by atoms with Crippen LogP contribution in [0.25, 0.3) is 5.76 Å². The van der Waals surface area contributed by atoms with Gasteiger partial charge in [-0.15, -0.1) is 0 Å². The van der Waals surface area contributed by atoms with Crippen LogP contribution in [0.5, 0.6) is 0 Å². The number of para-hydroxylation sites is 1. The van der Waals surface area contributed by atoms with Crippen molar-refractivity contribution in [1.82, 2.24) is 4.90 Å². The molecule has 10 heteroatoms. The second-order valence-electron chi connectivity index (χ2n) is 7.52. The van der Waals surface area contributed by atoms with Crippen LogP contribution in [-0.2, 0) is 14.4 Å². The molecule has 0 aliphatic carbocycles. The summed E-state index contributed by atoms with van der Waals surface area (Å²) < 4.78 is 0.746. The van der Waals surface area contributed by atoms with Gasteiger partial charge in [-0.3, -0.25) is 24.5 Å². The number of amides is 1. The van der Waals surface area contributed by atoms with Crippen LogP contribution in [0.3, 0.4) is 0 Å². The first-order valence-corrected chi connectivity index (χ1v) is 11.0. The average Bonchev–Trinajstić information content (AvgIpc) is 3.03. The van der Waals surface area contributed by atoms with E-state index in [2.05, 4.69) is 15.9 Å². The Labute approximate surface area is 197 Å². The second-order valence-corrected chi connectivity index (χ2v) is 8.44. The van der Waals surface area contributed by atoms with E-state index in [1.807, 2.05) is 0 Å². The summed E-state index contributed by atoms with van der Waals surface area (Å²) in [5.41, 5.74) is -0.0868. The van der Waals surface area contributed by atoms with Gasteiger partial charge in [0, 0.05) is 29.1 Å². The summed E-state index contributed by atoms with van der Waals surface area (Å²) in [7, 11) is 0. The minimum atomic E-state index is -1.14. The summed E-state index contributed by atoms with van der Waals surface area (Å²) in [5, 5.41) is 31.4. The van der Waals surface area contributed by atoms with Gasteiger partial charge in [0.15, 0.2) is 0 Å². The summed E-state index contributed by atoms with van der Waals surface area (Å²) >= 11 is 3.29. The van der Waals surface area contributed by atoms with Crippen LogP contribution in [-0.4, -0.2) is 44.2 Å². The molecule has 1 aliphatic rings. The SMILES string of the molecule is O=C(O)CCCCCN1C(=O)C(=O)/C(=C(/O)c2ccc(Br)cc2)[C@H]1c1ccccc1[N+](=O)[O-]. The highest BCUT2D eigenvalue weighted by Gasteiger charge is 2.47. The molecular formula is C23H21BrN2O7. The van der Waals surface area contributed by atoms with Crippen LogP contribution < -0.4 is 0 Å². The van der Waals surface area contributed by atoms with Gasteiger partial charge in [0.05, 0.1) is 22.1 Å². The molecule has 0 radical (unpaired) electrons. The summed E-state index contributed by atoms with van der Waals surface area (Å²) in [5.74, 6) is -3.14. The first-order valence-electron chi connectivity index (χ1n) is 10.2. The van der Waals surface area contributed by atoms with Gasteiger partial charge in [-0.1, -0.05) is 46.6 Å². The maximum Gasteiger partial charge on any atom is 0.303 e. The highest BCUT2D eigenvalue weighted by Crippen LogP contribution is 2.42. The lowest BCUT2D eigenvalue weighted by atomic mass is 9.94. The molecule has 0 saturated carbocycles. The van der Waals surface area contributed by atoms with Crippen molar-refractivity contribution in [3.63, 3.8) is 0 Å². The lowest BCUT2D eigenvalue weighted by molar-refractivity contribution is -0.385. The lowest BCUT2D eigenvalue weighted by Crippen LogP contribution is -2.31. The number of likely N-dealkylation sites (tertiary alicyclic amines) is 1. The summed E-state index contributed by atoms with van der Waals surface area (Å²) in [4.78, 5) is 48.9. The zero-order valence-electron chi connectivity index (χ0n) is 17.4. The van der Waals surface area contributed by atoms with Crippen molar-refractivity contribution < 1.29 is 29.5 Å². The molecule has 0 unspecified atom stereocenters. The number of halogens is 1. The van der Waals surface area contributed by atoms with Gasteiger partial charge in [0.25, 0.3) is 17.4 Å². The number of Topliss-reactive ketones (excluding diaryl/α,β-unsaturated/α-hetero) is 1. The van der Waals surface area contributed by atoms with E-state index in [-0.39, 0.29) is 29.8 Å². The topological polar surface area (TPSA) is 138 Å². The fraction of sp³-hybridized carbons (Fsp3) is 0.261. The van der Waals surface area contributed by atoms with Gasteiger partial charge in [0.2, 0.25) is 0 Å². The van der Waals surface area contributed by atoms with Crippen molar-refractivity contribution in [2.45, 2.75) is 31.7 Å². The first-order chi connectivity index (χ1) is 15.7. The number of aliphatic carboxylic acids is 1. The molecule has 33 heavy (non-hydrogen) atoms. The Hall–Kier alpha value is -3.53. The molecule has 0 aromatic heterocycles. The van der Waals surface area contributed by atoms with Crippen molar-refractivity contribution in [2.75, 3.05) is 6.54 Å². The van der Waals surface area contributed by atoms with Gasteiger partial charge in [-0.2, -0.15) is 0 Å². The lowest BCUT2D eigenvalue weighted by Gasteiger charge is -2.25. The number of carbonyl (C=O) groups is 3. The molecule has 172 valence electrons. The van der Waals surface area contributed by atoms with Gasteiger partial charge in [0.1, 0.15) is 5.76 Å². The normalized spacial score (nSPS) is 17.4. The Kier molecular flexibility index (Phi) is 7.59. The average molecular weight is 517 g/mol. The fourth-order valence-electron chi connectivity index (χ4n) is 3.82. The van der Waals surface area contributed by atoms with Crippen molar-refractivity contribution in [3.05, 3.63) is 79.8 Å². The summed E-state index contributed by atoms with van der Waals surface area (Å²) in [6.45, 7) is 0.0814. The molecule has 3 rings (SSSR count). The number of hydrogen-bond donors (Lipinski definition) is 2. The second kappa shape index (κ2) is 10.4. The molecule has 1 amide bonds. The Morgan fingerprint density at radius 1 is 1.03 bits per heavy atom. The fourth-order valence-corrected chi connectivity index (χ4v) is 4.08. The third-order valence-electron chi connectivity index (χ3n) is 5.38. The van der Waals surface area contributed by atoms with Gasteiger partial charge < -0.3 is 15.1 Å². The number of nitrogens with zero attached hydrogens (tertiary/aromatic N) is 2. The van der Waals surface area contributed by atoms with E-state index in [4.69, 9.17) is 5.11 Å². The molecule has 2 aromatic carbocycles. The van der Waals surface area contributed by atoms with E-state index in [1.54, 1.807) is 30.3 Å². The van der Waals surface area contributed by atoms with Crippen LogP contribution in [0.1, 0.15) is 42.9 Å². The van der Waals surface area contributed by atoms with Crippen LogP contribution in [0.4, 0.5) is 5.69 Å². The number of hydrogen-bond acceptors (Lipinski definition) is 6. The third kappa shape index (κ3) is 5.28. The molecule has 2 aromatic rings. The molecule has 1 saturated heterocycles. The Morgan fingerprint density at radius 2 is 1.70 bits per heavy atom. The van der Waals surface area contributed by atoms with Gasteiger partial charge in [-0.25, -0.2) is 0 Å². The number of rotatable bonds is 9. The quantitative estimate of drug-likeness (QED) is 0.125. The van der Waals surface area contributed by atoms with E-state index in [0.29, 0.717) is 24.8 Å². The number of carbonyl (C=O) groups excluding carboxylic acids is 2. The highest BCUT2D eigenvalue weighted by molar-refractivity contribution is 9.10. The van der Waals surface area contributed by atoms with E-state index in [1.165, 1.54) is 23.1 Å². The maximum absolute atomic E-state index is 13.0. The molecule has 1 aliphatic heterocycles. The Balaban J connectivity index is 2.06. The zero-order chi connectivity index (χ0) is 24.1. The highest BCUT2D eigenvalue weighted by atomic mass is 79.9. The number of aliphatic hydroxyl groups is 1. The predicted molar refractivity (Wildman–Crippen MR) is 122 cm³/mol. The smallest absolute Gasteiger partial charge is 0.303 e. The Morgan fingerprint density at radius 3 is 2.33 bits per heavy atom. The van der Waals surface area contributed by atoms with Crippen molar-refractivity contribution in [3.8, 4) is 0 Å². The number of ketones is 1. The number of aliphatic hydroxyl groups excluding tert-OH is 1. The number of carboxylic acids is 1. The molecule has 9 nitrogen and oxygen atoms in total. The maximum atomic E-state index is 13.0. The van der Waals surface area contributed by atoms with E-state index < -0.39 is 34.4 Å². The molecule has 2 N–H and O–H groups in total. The van der Waals surface area contributed by atoms with E-state index in [0.717, 1.165) is 4.47 Å². The third-order valence-corrected chi connectivity index (χ3v) is 5.90. The predicted octanol–water partition coefficient (Wildman–Crippen LogP) is 4.42. The molecule has 0 bridgehead atoms. The number of unbranched alkanes of at least 4 members (excludes halogenated alkanes) is 2. The largest absolute Gasteiger partial charge is 0.507 e. The summed E-state index contributed by atoms with van der Waals surface area (Å²) in [6, 6.07) is 11.1. The molecule has 1 atom stereocenters.